The zero-order valence-corrected chi connectivity index (χ0v) is 13.4. The van der Waals surface area contributed by atoms with E-state index < -0.39 is 0 Å². The van der Waals surface area contributed by atoms with Gasteiger partial charge in [-0.1, -0.05) is 6.07 Å². The first kappa shape index (κ1) is 15.8. The van der Waals surface area contributed by atoms with Gasteiger partial charge in [-0.15, -0.1) is 0 Å². The third kappa shape index (κ3) is 4.74. The summed E-state index contributed by atoms with van der Waals surface area (Å²) in [6.45, 7) is 6.46. The van der Waals surface area contributed by atoms with E-state index in [1.54, 1.807) is 0 Å². The minimum absolute atomic E-state index is 0.117. The van der Waals surface area contributed by atoms with Crippen LogP contribution in [0.1, 0.15) is 33.1 Å². The number of carbonyl (C=O) groups excluding carboxylic acids is 1. The Labute approximate surface area is 127 Å². The summed E-state index contributed by atoms with van der Waals surface area (Å²) in [5.74, 6) is 0.778. The third-order valence-corrected chi connectivity index (χ3v) is 4.25. The highest BCUT2D eigenvalue weighted by atomic mass is 16.1. The SMILES string of the molecule is CC(C)N(C)c1cccc(NC(=O)CCC2CCNC2)c1. The number of anilines is 2. The molecule has 2 rings (SSSR count). The molecule has 1 unspecified atom stereocenters. The van der Waals surface area contributed by atoms with Crippen molar-refractivity contribution in [1.82, 2.24) is 5.32 Å². The van der Waals surface area contributed by atoms with Gasteiger partial charge in [-0.3, -0.25) is 4.79 Å². The van der Waals surface area contributed by atoms with Crippen LogP contribution in [0.3, 0.4) is 0 Å². The molecule has 21 heavy (non-hydrogen) atoms. The highest BCUT2D eigenvalue weighted by Gasteiger charge is 2.15. The van der Waals surface area contributed by atoms with Crippen LogP contribution in [0.15, 0.2) is 24.3 Å². The number of nitrogens with zero attached hydrogens (tertiary/aromatic N) is 1. The van der Waals surface area contributed by atoms with Crippen LogP contribution in [0.25, 0.3) is 0 Å². The van der Waals surface area contributed by atoms with Crippen LogP contribution in [0, 0.1) is 5.92 Å². The van der Waals surface area contributed by atoms with E-state index in [1.807, 2.05) is 18.2 Å². The van der Waals surface area contributed by atoms with E-state index in [9.17, 15) is 4.79 Å². The Kier molecular flexibility index (Phi) is 5.62. The van der Waals surface area contributed by atoms with Crippen molar-refractivity contribution >= 4 is 17.3 Å². The van der Waals surface area contributed by atoms with Crippen LogP contribution >= 0.6 is 0 Å². The molecule has 1 heterocycles. The van der Waals surface area contributed by atoms with Gasteiger partial charge in [-0.05, 0) is 63.9 Å². The maximum absolute atomic E-state index is 12.0. The molecule has 1 aliphatic heterocycles. The molecular formula is C17H27N3O. The number of hydrogen-bond acceptors (Lipinski definition) is 3. The molecule has 4 heteroatoms. The van der Waals surface area contributed by atoms with Crippen molar-refractivity contribution in [3.8, 4) is 0 Å². The smallest absolute Gasteiger partial charge is 0.224 e. The minimum Gasteiger partial charge on any atom is -0.372 e. The molecule has 0 radical (unpaired) electrons. The minimum atomic E-state index is 0.117. The maximum Gasteiger partial charge on any atom is 0.224 e. The molecule has 0 saturated carbocycles. The highest BCUT2D eigenvalue weighted by Crippen LogP contribution is 2.21. The summed E-state index contributed by atoms with van der Waals surface area (Å²) in [6, 6.07) is 8.48. The third-order valence-electron chi connectivity index (χ3n) is 4.25. The predicted octanol–water partition coefficient (Wildman–Crippen LogP) is 2.86. The summed E-state index contributed by atoms with van der Waals surface area (Å²) >= 11 is 0. The molecule has 0 aliphatic carbocycles. The van der Waals surface area contributed by atoms with Gasteiger partial charge in [-0.2, -0.15) is 0 Å². The van der Waals surface area contributed by atoms with E-state index in [-0.39, 0.29) is 5.91 Å². The summed E-state index contributed by atoms with van der Waals surface area (Å²) in [6.07, 6.45) is 2.78. The molecule has 1 saturated heterocycles. The lowest BCUT2D eigenvalue weighted by Gasteiger charge is -2.24. The number of amides is 1. The van der Waals surface area contributed by atoms with Crippen molar-refractivity contribution in [1.29, 1.82) is 0 Å². The van der Waals surface area contributed by atoms with Crippen LogP contribution in [-0.2, 0) is 4.79 Å². The quantitative estimate of drug-likeness (QED) is 0.846. The van der Waals surface area contributed by atoms with E-state index in [4.69, 9.17) is 0 Å². The van der Waals surface area contributed by atoms with E-state index in [0.29, 0.717) is 18.4 Å². The molecule has 0 bridgehead atoms. The largest absolute Gasteiger partial charge is 0.372 e. The lowest BCUT2D eigenvalue weighted by atomic mass is 10.0. The molecule has 1 aliphatic rings. The number of rotatable bonds is 6. The van der Waals surface area contributed by atoms with E-state index >= 15 is 0 Å². The van der Waals surface area contributed by atoms with Gasteiger partial charge in [0.1, 0.15) is 0 Å². The second kappa shape index (κ2) is 7.46. The molecule has 1 amide bonds. The number of carbonyl (C=O) groups is 1. The molecular weight excluding hydrogens is 262 g/mol. The van der Waals surface area contributed by atoms with Gasteiger partial charge in [0, 0.05) is 30.9 Å². The van der Waals surface area contributed by atoms with Crippen LogP contribution in [0.5, 0.6) is 0 Å². The fourth-order valence-corrected chi connectivity index (χ4v) is 2.62. The van der Waals surface area contributed by atoms with Gasteiger partial charge in [0.15, 0.2) is 0 Å². The van der Waals surface area contributed by atoms with Crippen molar-refractivity contribution in [3.05, 3.63) is 24.3 Å². The fourth-order valence-electron chi connectivity index (χ4n) is 2.62. The Morgan fingerprint density at radius 1 is 1.48 bits per heavy atom. The average Bonchev–Trinajstić information content (AvgIpc) is 2.98. The molecule has 4 nitrogen and oxygen atoms in total. The zero-order chi connectivity index (χ0) is 15.2. The van der Waals surface area contributed by atoms with Crippen LogP contribution < -0.4 is 15.5 Å². The lowest BCUT2D eigenvalue weighted by Crippen LogP contribution is -2.25. The first-order valence-electron chi connectivity index (χ1n) is 7.89. The molecule has 1 aromatic rings. The van der Waals surface area contributed by atoms with Gasteiger partial charge < -0.3 is 15.5 Å². The number of nitrogens with one attached hydrogen (secondary N) is 2. The normalized spacial score (nSPS) is 18.0. The van der Waals surface area contributed by atoms with Gasteiger partial charge in [0.25, 0.3) is 0 Å². The summed E-state index contributed by atoms with van der Waals surface area (Å²) < 4.78 is 0. The van der Waals surface area contributed by atoms with Crippen molar-refractivity contribution in [2.45, 2.75) is 39.2 Å². The number of benzene rings is 1. The summed E-state index contributed by atoms with van der Waals surface area (Å²) in [7, 11) is 2.07. The first-order valence-corrected chi connectivity index (χ1v) is 7.89. The molecule has 0 spiro atoms. The molecule has 0 aromatic heterocycles. The summed E-state index contributed by atoms with van der Waals surface area (Å²) in [5, 5.41) is 6.35. The average molecular weight is 289 g/mol. The molecule has 116 valence electrons. The van der Waals surface area contributed by atoms with Gasteiger partial charge in [-0.25, -0.2) is 0 Å². The second-order valence-electron chi connectivity index (χ2n) is 6.20. The van der Waals surface area contributed by atoms with Crippen molar-refractivity contribution < 1.29 is 4.79 Å². The number of hydrogen-bond donors (Lipinski definition) is 2. The standard InChI is InChI=1S/C17H27N3O/c1-13(2)20(3)16-6-4-5-15(11-16)19-17(21)8-7-14-9-10-18-12-14/h4-6,11,13-14,18H,7-10,12H2,1-3H3,(H,19,21). The van der Waals surface area contributed by atoms with Crippen LogP contribution in [0.4, 0.5) is 11.4 Å². The Morgan fingerprint density at radius 2 is 2.29 bits per heavy atom. The topological polar surface area (TPSA) is 44.4 Å². The van der Waals surface area contributed by atoms with Crippen LogP contribution in [0.2, 0.25) is 0 Å². The monoisotopic (exact) mass is 289 g/mol. The van der Waals surface area contributed by atoms with Crippen molar-refractivity contribution in [2.24, 2.45) is 5.92 Å². The molecule has 2 N–H and O–H groups in total. The highest BCUT2D eigenvalue weighted by molar-refractivity contribution is 5.91. The van der Waals surface area contributed by atoms with E-state index in [2.05, 4.69) is 42.5 Å². The van der Waals surface area contributed by atoms with Gasteiger partial charge >= 0.3 is 0 Å². The predicted molar refractivity (Wildman–Crippen MR) is 88.8 cm³/mol. The first-order chi connectivity index (χ1) is 10.1. The van der Waals surface area contributed by atoms with Crippen molar-refractivity contribution in [3.63, 3.8) is 0 Å². The maximum atomic E-state index is 12.0. The van der Waals surface area contributed by atoms with Gasteiger partial charge in [0.2, 0.25) is 5.91 Å². The molecule has 1 fully saturated rings. The summed E-state index contributed by atoms with van der Waals surface area (Å²) in [4.78, 5) is 14.2. The molecule has 1 aromatic carbocycles. The Balaban J connectivity index is 1.86. The lowest BCUT2D eigenvalue weighted by molar-refractivity contribution is -0.116. The zero-order valence-electron chi connectivity index (χ0n) is 13.4. The Bertz CT molecular complexity index is 467. The van der Waals surface area contributed by atoms with E-state index in [1.165, 1.54) is 6.42 Å². The Morgan fingerprint density at radius 3 is 2.95 bits per heavy atom. The second-order valence-corrected chi connectivity index (χ2v) is 6.20. The Hall–Kier alpha value is -1.55. The molecule has 1 atom stereocenters. The van der Waals surface area contributed by atoms with E-state index in [0.717, 1.165) is 30.9 Å². The van der Waals surface area contributed by atoms with Crippen LogP contribution in [-0.4, -0.2) is 32.1 Å². The van der Waals surface area contributed by atoms with Crippen molar-refractivity contribution in [2.75, 3.05) is 30.4 Å². The summed E-state index contributed by atoms with van der Waals surface area (Å²) in [5.41, 5.74) is 2.01. The van der Waals surface area contributed by atoms with Gasteiger partial charge in [0.05, 0.1) is 0 Å². The fraction of sp³-hybridized carbons (Fsp3) is 0.588.